The Morgan fingerprint density at radius 2 is 1.67 bits per heavy atom. The Hall–Kier alpha value is -2.93. The molecule has 1 aliphatic heterocycles. The zero-order chi connectivity index (χ0) is 18.6. The Kier molecular flexibility index (Phi) is 5.02. The molecular weight excluding hydrogens is 364 g/mol. The van der Waals surface area contributed by atoms with E-state index in [9.17, 15) is 4.79 Å². The van der Waals surface area contributed by atoms with E-state index in [2.05, 4.69) is 19.9 Å². The van der Waals surface area contributed by atoms with E-state index in [0.29, 0.717) is 49.5 Å². The fraction of sp³-hybridized carbons (Fsp3) is 0.263. The number of imidazole rings is 1. The van der Waals surface area contributed by atoms with Crippen LogP contribution in [0.3, 0.4) is 0 Å². The van der Waals surface area contributed by atoms with Crippen LogP contribution in [0, 0.1) is 0 Å². The fourth-order valence-electron chi connectivity index (χ4n) is 3.13. The molecule has 8 heteroatoms. The molecule has 3 heterocycles. The van der Waals surface area contributed by atoms with Gasteiger partial charge in [0, 0.05) is 62.5 Å². The number of carbonyl (C=O) groups is 1. The largest absolute Gasteiger partial charge is 0.337 e. The van der Waals surface area contributed by atoms with E-state index in [4.69, 9.17) is 11.6 Å². The standard InChI is InChI=1S/C19H19ClN6O/c20-16-4-2-15(3-5-16)14-26-9-8-21-17(26)18(27)24-10-12-25(13-11-24)19-22-6-1-7-23-19/h1-9H,10-14H2. The second-order valence-corrected chi connectivity index (χ2v) is 6.77. The second-order valence-electron chi connectivity index (χ2n) is 6.33. The summed E-state index contributed by atoms with van der Waals surface area (Å²) in [6.45, 7) is 3.22. The first kappa shape index (κ1) is 17.5. The maximum absolute atomic E-state index is 12.9. The van der Waals surface area contributed by atoms with Crippen LogP contribution in [-0.4, -0.2) is 56.5 Å². The van der Waals surface area contributed by atoms with Gasteiger partial charge in [-0.05, 0) is 23.8 Å². The highest BCUT2D eigenvalue weighted by atomic mass is 35.5. The smallest absolute Gasteiger partial charge is 0.289 e. The van der Waals surface area contributed by atoms with Crippen molar-refractivity contribution in [1.82, 2.24) is 24.4 Å². The molecule has 1 saturated heterocycles. The maximum atomic E-state index is 12.9. The minimum atomic E-state index is -0.0532. The number of hydrogen-bond donors (Lipinski definition) is 0. The van der Waals surface area contributed by atoms with E-state index in [0.717, 1.165) is 5.56 Å². The van der Waals surface area contributed by atoms with Gasteiger partial charge in [0.1, 0.15) is 0 Å². The molecule has 7 nitrogen and oxygen atoms in total. The van der Waals surface area contributed by atoms with Crippen LogP contribution in [0.15, 0.2) is 55.1 Å². The summed E-state index contributed by atoms with van der Waals surface area (Å²) in [5.74, 6) is 1.10. The summed E-state index contributed by atoms with van der Waals surface area (Å²) in [7, 11) is 0. The van der Waals surface area contributed by atoms with Crippen molar-refractivity contribution in [3.05, 3.63) is 71.5 Å². The number of halogens is 1. The van der Waals surface area contributed by atoms with Gasteiger partial charge < -0.3 is 14.4 Å². The van der Waals surface area contributed by atoms with Gasteiger partial charge in [-0.3, -0.25) is 4.79 Å². The van der Waals surface area contributed by atoms with E-state index in [1.54, 1.807) is 24.7 Å². The highest BCUT2D eigenvalue weighted by molar-refractivity contribution is 6.30. The van der Waals surface area contributed by atoms with Gasteiger partial charge in [-0.2, -0.15) is 0 Å². The fourth-order valence-corrected chi connectivity index (χ4v) is 3.25. The van der Waals surface area contributed by atoms with E-state index < -0.39 is 0 Å². The Bertz CT molecular complexity index is 903. The van der Waals surface area contributed by atoms with Gasteiger partial charge in [0.15, 0.2) is 5.82 Å². The quantitative estimate of drug-likeness (QED) is 0.692. The molecule has 0 spiro atoms. The number of rotatable bonds is 4. The monoisotopic (exact) mass is 382 g/mol. The zero-order valence-corrected chi connectivity index (χ0v) is 15.5. The molecule has 138 valence electrons. The highest BCUT2D eigenvalue weighted by Crippen LogP contribution is 2.14. The molecule has 2 aromatic heterocycles. The third kappa shape index (κ3) is 3.93. The minimum Gasteiger partial charge on any atom is -0.337 e. The third-order valence-corrected chi connectivity index (χ3v) is 4.83. The van der Waals surface area contributed by atoms with Crippen molar-refractivity contribution in [2.24, 2.45) is 0 Å². The molecule has 0 unspecified atom stereocenters. The van der Waals surface area contributed by atoms with Gasteiger partial charge in [-0.1, -0.05) is 23.7 Å². The lowest BCUT2D eigenvalue weighted by molar-refractivity contribution is 0.0729. The average molecular weight is 383 g/mol. The molecule has 0 aliphatic carbocycles. The van der Waals surface area contributed by atoms with Crippen LogP contribution in [0.2, 0.25) is 5.02 Å². The van der Waals surface area contributed by atoms with E-state index in [1.807, 2.05) is 39.9 Å². The van der Waals surface area contributed by atoms with Crippen molar-refractivity contribution in [2.75, 3.05) is 31.1 Å². The topological polar surface area (TPSA) is 67.2 Å². The van der Waals surface area contributed by atoms with Gasteiger partial charge in [0.05, 0.1) is 0 Å². The Morgan fingerprint density at radius 1 is 0.963 bits per heavy atom. The number of nitrogens with zero attached hydrogens (tertiary/aromatic N) is 6. The van der Waals surface area contributed by atoms with Crippen molar-refractivity contribution in [3.8, 4) is 0 Å². The lowest BCUT2D eigenvalue weighted by Crippen LogP contribution is -2.49. The number of hydrogen-bond acceptors (Lipinski definition) is 5. The molecule has 0 atom stereocenters. The lowest BCUT2D eigenvalue weighted by atomic mass is 10.2. The van der Waals surface area contributed by atoms with E-state index >= 15 is 0 Å². The number of piperazine rings is 1. The lowest BCUT2D eigenvalue weighted by Gasteiger charge is -2.34. The number of benzene rings is 1. The number of anilines is 1. The molecule has 1 amide bonds. The van der Waals surface area contributed by atoms with Crippen LogP contribution in [0.1, 0.15) is 16.2 Å². The molecule has 0 saturated carbocycles. The molecule has 3 aromatic rings. The number of amides is 1. The van der Waals surface area contributed by atoms with Crippen molar-refractivity contribution < 1.29 is 4.79 Å². The Morgan fingerprint density at radius 3 is 2.37 bits per heavy atom. The normalized spacial score (nSPS) is 14.4. The molecule has 4 rings (SSSR count). The molecule has 0 N–H and O–H groups in total. The molecule has 0 radical (unpaired) electrons. The summed E-state index contributed by atoms with van der Waals surface area (Å²) >= 11 is 5.94. The van der Waals surface area contributed by atoms with Crippen molar-refractivity contribution in [2.45, 2.75) is 6.54 Å². The van der Waals surface area contributed by atoms with Gasteiger partial charge in [0.2, 0.25) is 5.95 Å². The van der Waals surface area contributed by atoms with Crippen LogP contribution in [0.5, 0.6) is 0 Å². The van der Waals surface area contributed by atoms with Gasteiger partial charge in [0.25, 0.3) is 5.91 Å². The molecule has 1 aromatic carbocycles. The summed E-state index contributed by atoms with van der Waals surface area (Å²) in [4.78, 5) is 29.7. The first-order valence-electron chi connectivity index (χ1n) is 8.77. The second kappa shape index (κ2) is 7.75. The number of carbonyl (C=O) groups excluding carboxylic acids is 1. The SMILES string of the molecule is O=C(c1nccn1Cc1ccc(Cl)cc1)N1CCN(c2ncccn2)CC1. The third-order valence-electron chi connectivity index (χ3n) is 4.57. The zero-order valence-electron chi connectivity index (χ0n) is 14.7. The summed E-state index contributed by atoms with van der Waals surface area (Å²) in [5, 5.41) is 0.695. The highest BCUT2D eigenvalue weighted by Gasteiger charge is 2.25. The van der Waals surface area contributed by atoms with Crippen LogP contribution in [0.4, 0.5) is 5.95 Å². The molecule has 1 fully saturated rings. The maximum Gasteiger partial charge on any atom is 0.289 e. The van der Waals surface area contributed by atoms with Gasteiger partial charge in [-0.25, -0.2) is 15.0 Å². The first-order chi connectivity index (χ1) is 13.2. The molecule has 0 bridgehead atoms. The Balaban J connectivity index is 1.42. The summed E-state index contributed by atoms with van der Waals surface area (Å²) in [6, 6.07) is 9.40. The predicted molar refractivity (Wildman–Crippen MR) is 103 cm³/mol. The molecule has 1 aliphatic rings. The average Bonchev–Trinajstić information content (AvgIpc) is 3.18. The van der Waals surface area contributed by atoms with Crippen LogP contribution < -0.4 is 4.90 Å². The van der Waals surface area contributed by atoms with Crippen molar-refractivity contribution >= 4 is 23.5 Å². The number of aromatic nitrogens is 4. The minimum absolute atomic E-state index is 0.0532. The van der Waals surface area contributed by atoms with Gasteiger partial charge >= 0.3 is 0 Å². The van der Waals surface area contributed by atoms with Gasteiger partial charge in [-0.15, -0.1) is 0 Å². The van der Waals surface area contributed by atoms with Crippen molar-refractivity contribution in [1.29, 1.82) is 0 Å². The van der Waals surface area contributed by atoms with Crippen LogP contribution in [0.25, 0.3) is 0 Å². The molecular formula is C19H19ClN6O. The van der Waals surface area contributed by atoms with E-state index in [1.165, 1.54) is 0 Å². The summed E-state index contributed by atoms with van der Waals surface area (Å²) < 4.78 is 1.87. The van der Waals surface area contributed by atoms with Crippen LogP contribution >= 0.6 is 11.6 Å². The Labute approximate surface area is 162 Å². The van der Waals surface area contributed by atoms with Crippen LogP contribution in [-0.2, 0) is 6.54 Å². The van der Waals surface area contributed by atoms with E-state index in [-0.39, 0.29) is 5.91 Å². The van der Waals surface area contributed by atoms with Crippen molar-refractivity contribution in [3.63, 3.8) is 0 Å². The summed E-state index contributed by atoms with van der Waals surface area (Å²) in [6.07, 6.45) is 6.95. The summed E-state index contributed by atoms with van der Waals surface area (Å²) in [5.41, 5.74) is 1.07. The predicted octanol–water partition coefficient (Wildman–Crippen LogP) is 2.34. The first-order valence-corrected chi connectivity index (χ1v) is 9.15. The molecule has 27 heavy (non-hydrogen) atoms.